The van der Waals surface area contributed by atoms with Crippen molar-refractivity contribution in [1.82, 2.24) is 19.7 Å². The predicted octanol–water partition coefficient (Wildman–Crippen LogP) is 6.25. The minimum Gasteiger partial charge on any atom is -0.381 e. The lowest BCUT2D eigenvalue weighted by Gasteiger charge is -2.14. The molecular weight excluding hydrogens is 481 g/mol. The number of hydrogen-bond acceptors (Lipinski definition) is 4. The number of amides is 1. The summed E-state index contributed by atoms with van der Waals surface area (Å²) in [5.41, 5.74) is 4.11. The molecule has 0 radical (unpaired) electrons. The second-order valence-corrected chi connectivity index (χ2v) is 8.81. The summed E-state index contributed by atoms with van der Waals surface area (Å²) in [6, 6.07) is 14.5. The number of benzene rings is 3. The van der Waals surface area contributed by atoms with Gasteiger partial charge in [0, 0.05) is 40.8 Å². The highest BCUT2D eigenvalue weighted by Gasteiger charge is 2.31. The molecule has 37 heavy (non-hydrogen) atoms. The third kappa shape index (κ3) is 5.32. The molecule has 2 aromatic heterocycles. The van der Waals surface area contributed by atoms with E-state index in [1.807, 2.05) is 31.2 Å². The highest BCUT2D eigenvalue weighted by atomic mass is 19.4. The van der Waals surface area contributed by atoms with Crippen molar-refractivity contribution in [3.8, 4) is 5.69 Å². The van der Waals surface area contributed by atoms with Gasteiger partial charge in [0.2, 0.25) is 0 Å². The minimum atomic E-state index is -4.58. The van der Waals surface area contributed by atoms with Gasteiger partial charge in [-0.05, 0) is 73.5 Å². The summed E-state index contributed by atoms with van der Waals surface area (Å²) in [4.78, 5) is 17.1. The summed E-state index contributed by atoms with van der Waals surface area (Å²) in [6.07, 6.45) is 0.210. The molecule has 5 aromatic rings. The van der Waals surface area contributed by atoms with Crippen LogP contribution in [-0.2, 0) is 12.7 Å². The molecule has 0 bridgehead atoms. The summed E-state index contributed by atoms with van der Waals surface area (Å²) in [5.74, 6) is -0.506. The van der Waals surface area contributed by atoms with E-state index in [4.69, 9.17) is 0 Å². The maximum atomic E-state index is 13.6. The van der Waals surface area contributed by atoms with Crippen molar-refractivity contribution in [1.29, 1.82) is 0 Å². The van der Waals surface area contributed by atoms with E-state index in [2.05, 4.69) is 25.8 Å². The molecule has 188 valence electrons. The van der Waals surface area contributed by atoms with Gasteiger partial charge in [0.1, 0.15) is 0 Å². The van der Waals surface area contributed by atoms with E-state index in [1.165, 1.54) is 17.0 Å². The average Bonchev–Trinajstić information content (AvgIpc) is 3.51. The van der Waals surface area contributed by atoms with E-state index in [-0.39, 0.29) is 11.4 Å². The number of anilines is 2. The second-order valence-electron chi connectivity index (χ2n) is 8.81. The van der Waals surface area contributed by atoms with Crippen LogP contribution >= 0.6 is 0 Å². The summed E-state index contributed by atoms with van der Waals surface area (Å²) < 4.78 is 42.2. The van der Waals surface area contributed by atoms with Gasteiger partial charge in [-0.15, -0.1) is 0 Å². The standard InChI is InChI=1S/C27H23F3N6O/c1-16-3-4-18(7-19(16)12-31-22-5-6-25-20(8-22)13-33-35-25)26(37)34-23-9-21(27(28,29)30)10-24(11-23)36-14-17(2)32-15-36/h3-11,13-15,31H,12H2,1-2H3,(H,33,35)(H,34,37). The number of fused-ring (bicyclic) bond motifs is 1. The van der Waals surface area contributed by atoms with E-state index in [0.717, 1.165) is 39.8 Å². The van der Waals surface area contributed by atoms with Crippen LogP contribution in [0.5, 0.6) is 0 Å². The van der Waals surface area contributed by atoms with Crippen molar-refractivity contribution in [2.75, 3.05) is 10.6 Å². The molecule has 0 aliphatic carbocycles. The van der Waals surface area contributed by atoms with Gasteiger partial charge >= 0.3 is 6.18 Å². The van der Waals surface area contributed by atoms with Gasteiger partial charge in [-0.25, -0.2) is 4.98 Å². The van der Waals surface area contributed by atoms with Gasteiger partial charge in [0.15, 0.2) is 0 Å². The third-order valence-electron chi connectivity index (χ3n) is 6.05. The van der Waals surface area contributed by atoms with Gasteiger partial charge in [-0.2, -0.15) is 18.3 Å². The SMILES string of the molecule is Cc1cn(-c2cc(NC(=O)c3ccc(C)c(CNc4ccc5[nH]ncc5c4)c3)cc(C(F)(F)F)c2)cn1. The van der Waals surface area contributed by atoms with E-state index in [0.29, 0.717) is 17.8 Å². The second kappa shape index (κ2) is 9.45. The van der Waals surface area contributed by atoms with Crippen molar-refractivity contribution in [3.63, 3.8) is 0 Å². The molecule has 7 nitrogen and oxygen atoms in total. The van der Waals surface area contributed by atoms with Gasteiger partial charge in [0.05, 0.1) is 29.3 Å². The number of carbonyl (C=O) groups excluding carboxylic acids is 1. The van der Waals surface area contributed by atoms with Crippen LogP contribution in [-0.4, -0.2) is 25.7 Å². The molecule has 10 heteroatoms. The number of imidazole rings is 1. The van der Waals surface area contributed by atoms with Gasteiger partial charge in [-0.3, -0.25) is 9.89 Å². The van der Waals surface area contributed by atoms with Crippen LogP contribution in [0.3, 0.4) is 0 Å². The molecule has 1 amide bonds. The maximum absolute atomic E-state index is 13.6. The number of rotatable bonds is 6. The van der Waals surface area contributed by atoms with Crippen LogP contribution < -0.4 is 10.6 Å². The van der Waals surface area contributed by atoms with Crippen LogP contribution in [0, 0.1) is 13.8 Å². The first-order chi connectivity index (χ1) is 17.7. The van der Waals surface area contributed by atoms with Crippen LogP contribution in [0.25, 0.3) is 16.6 Å². The number of nitrogens with zero attached hydrogens (tertiary/aromatic N) is 3. The lowest BCUT2D eigenvalue weighted by molar-refractivity contribution is -0.137. The largest absolute Gasteiger partial charge is 0.416 e. The first-order valence-corrected chi connectivity index (χ1v) is 11.5. The molecule has 0 aliphatic heterocycles. The smallest absolute Gasteiger partial charge is 0.381 e. The Bertz CT molecular complexity index is 1600. The molecule has 0 spiro atoms. The van der Waals surface area contributed by atoms with Crippen molar-refractivity contribution in [2.24, 2.45) is 0 Å². The number of halogens is 3. The van der Waals surface area contributed by atoms with Crippen LogP contribution in [0.2, 0.25) is 0 Å². The van der Waals surface area contributed by atoms with Crippen LogP contribution in [0.4, 0.5) is 24.5 Å². The Labute approximate surface area is 210 Å². The molecular formula is C27H23F3N6O. The fourth-order valence-corrected chi connectivity index (χ4v) is 4.01. The van der Waals surface area contributed by atoms with E-state index in [1.54, 1.807) is 31.5 Å². The maximum Gasteiger partial charge on any atom is 0.416 e. The van der Waals surface area contributed by atoms with Gasteiger partial charge < -0.3 is 15.2 Å². The first kappa shape index (κ1) is 24.1. The Morgan fingerprint density at radius 2 is 1.86 bits per heavy atom. The highest BCUT2D eigenvalue weighted by Crippen LogP contribution is 2.33. The lowest BCUT2D eigenvalue weighted by atomic mass is 10.0. The summed E-state index contributed by atoms with van der Waals surface area (Å²) in [5, 5.41) is 13.9. The van der Waals surface area contributed by atoms with Crippen molar-refractivity contribution in [2.45, 2.75) is 26.6 Å². The van der Waals surface area contributed by atoms with E-state index < -0.39 is 17.6 Å². The molecule has 0 saturated heterocycles. The van der Waals surface area contributed by atoms with E-state index >= 15 is 0 Å². The van der Waals surface area contributed by atoms with Crippen molar-refractivity contribution in [3.05, 3.63) is 101 Å². The first-order valence-electron chi connectivity index (χ1n) is 11.5. The Morgan fingerprint density at radius 1 is 1.03 bits per heavy atom. The Kier molecular flexibility index (Phi) is 6.16. The fourth-order valence-electron chi connectivity index (χ4n) is 4.01. The zero-order chi connectivity index (χ0) is 26.2. The predicted molar refractivity (Wildman–Crippen MR) is 136 cm³/mol. The molecule has 0 aliphatic rings. The Morgan fingerprint density at radius 3 is 2.62 bits per heavy atom. The summed E-state index contributed by atoms with van der Waals surface area (Å²) >= 11 is 0. The molecule has 0 fully saturated rings. The molecule has 5 rings (SSSR count). The molecule has 0 atom stereocenters. The molecule has 0 saturated carbocycles. The fraction of sp³-hybridized carbons (Fsp3) is 0.148. The zero-order valence-corrected chi connectivity index (χ0v) is 20.0. The van der Waals surface area contributed by atoms with Gasteiger partial charge in [-0.1, -0.05) is 6.07 Å². The molecule has 3 N–H and O–H groups in total. The van der Waals surface area contributed by atoms with Crippen molar-refractivity contribution >= 4 is 28.2 Å². The van der Waals surface area contributed by atoms with Crippen LogP contribution in [0.15, 0.2) is 73.3 Å². The highest BCUT2D eigenvalue weighted by molar-refractivity contribution is 6.04. The minimum absolute atomic E-state index is 0.0369. The Hall–Kier alpha value is -4.60. The number of aromatic nitrogens is 4. The number of hydrogen-bond donors (Lipinski definition) is 3. The third-order valence-corrected chi connectivity index (χ3v) is 6.05. The molecule has 3 aromatic carbocycles. The quantitative estimate of drug-likeness (QED) is 0.255. The zero-order valence-electron chi connectivity index (χ0n) is 20.0. The topological polar surface area (TPSA) is 87.6 Å². The summed E-state index contributed by atoms with van der Waals surface area (Å²) in [7, 11) is 0. The number of nitrogens with one attached hydrogen (secondary N) is 3. The molecule has 2 heterocycles. The van der Waals surface area contributed by atoms with Crippen molar-refractivity contribution < 1.29 is 18.0 Å². The Balaban J connectivity index is 1.37. The molecule has 0 unspecified atom stereocenters. The van der Waals surface area contributed by atoms with E-state index in [9.17, 15) is 18.0 Å². The lowest BCUT2D eigenvalue weighted by Crippen LogP contribution is -2.15. The summed E-state index contributed by atoms with van der Waals surface area (Å²) in [6.45, 7) is 4.14. The monoisotopic (exact) mass is 504 g/mol. The number of H-pyrrole nitrogens is 1. The van der Waals surface area contributed by atoms with Gasteiger partial charge in [0.25, 0.3) is 5.91 Å². The van der Waals surface area contributed by atoms with Crippen LogP contribution in [0.1, 0.15) is 32.7 Å². The average molecular weight is 505 g/mol. The number of aryl methyl sites for hydroxylation is 2. The number of aromatic amines is 1. The number of carbonyl (C=O) groups is 1. The normalized spacial score (nSPS) is 11.6. The number of alkyl halides is 3.